The van der Waals surface area contributed by atoms with Gasteiger partial charge in [-0.2, -0.15) is 8.42 Å². The van der Waals surface area contributed by atoms with E-state index in [0.717, 1.165) is 54.9 Å². The van der Waals surface area contributed by atoms with Crippen molar-refractivity contribution in [2.45, 2.75) is 117 Å². The molecule has 3 fully saturated rings. The topological polar surface area (TPSA) is 43.4 Å². The maximum absolute atomic E-state index is 13.0. The van der Waals surface area contributed by atoms with Crippen LogP contribution in [0.2, 0.25) is 0 Å². The first-order chi connectivity index (χ1) is 18.9. The van der Waals surface area contributed by atoms with Crippen molar-refractivity contribution in [3.05, 3.63) is 53.6 Å². The Labute approximate surface area is 245 Å². The first-order valence-electron chi connectivity index (χ1n) is 16.3. The summed E-state index contributed by atoms with van der Waals surface area (Å²) < 4.78 is 31.9. The van der Waals surface area contributed by atoms with E-state index in [1.165, 1.54) is 37.7 Å². The van der Waals surface area contributed by atoms with Crippen LogP contribution in [0.1, 0.15) is 105 Å². The van der Waals surface area contributed by atoms with Crippen LogP contribution in [-0.4, -0.2) is 14.5 Å². The summed E-state index contributed by atoms with van der Waals surface area (Å²) in [4.78, 5) is 0.268. The molecule has 0 amide bonds. The molecule has 4 aliphatic carbocycles. The predicted molar refractivity (Wildman–Crippen MR) is 165 cm³/mol. The summed E-state index contributed by atoms with van der Waals surface area (Å²) in [6.45, 7) is 16.6. The molecule has 9 unspecified atom stereocenters. The number of allylic oxidation sites excluding steroid dienone is 3. The van der Waals surface area contributed by atoms with E-state index in [-0.39, 0.29) is 16.4 Å². The number of rotatable bonds is 8. The van der Waals surface area contributed by atoms with Crippen molar-refractivity contribution in [3.63, 3.8) is 0 Å². The second-order valence-corrected chi connectivity index (χ2v) is 16.3. The molecule has 0 radical (unpaired) electrons. The van der Waals surface area contributed by atoms with Crippen molar-refractivity contribution in [1.82, 2.24) is 0 Å². The lowest BCUT2D eigenvalue weighted by Gasteiger charge is -2.58. The molecule has 0 bridgehead atoms. The Bertz CT molecular complexity index is 1210. The molecule has 0 spiro atoms. The van der Waals surface area contributed by atoms with Gasteiger partial charge in [0.05, 0.1) is 11.0 Å². The van der Waals surface area contributed by atoms with E-state index < -0.39 is 10.1 Å². The van der Waals surface area contributed by atoms with Gasteiger partial charge < -0.3 is 0 Å². The summed E-state index contributed by atoms with van der Waals surface area (Å²) in [6.07, 6.45) is 17.8. The van der Waals surface area contributed by atoms with Gasteiger partial charge in [0.1, 0.15) is 0 Å². The van der Waals surface area contributed by atoms with Crippen molar-refractivity contribution in [1.29, 1.82) is 0 Å². The van der Waals surface area contributed by atoms with Crippen molar-refractivity contribution in [2.24, 2.45) is 52.3 Å². The molecule has 5 rings (SSSR count). The summed E-state index contributed by atoms with van der Waals surface area (Å²) in [7, 11) is -3.74. The van der Waals surface area contributed by atoms with Gasteiger partial charge in [-0.05, 0) is 129 Å². The molecule has 0 aromatic heterocycles. The van der Waals surface area contributed by atoms with E-state index in [1.807, 2.05) is 19.1 Å². The first kappa shape index (κ1) is 30.1. The van der Waals surface area contributed by atoms with E-state index in [4.69, 9.17) is 4.18 Å². The molecule has 0 aliphatic heterocycles. The van der Waals surface area contributed by atoms with Gasteiger partial charge in [0, 0.05) is 0 Å². The molecule has 0 saturated heterocycles. The highest BCUT2D eigenvalue weighted by Crippen LogP contribution is 2.67. The Morgan fingerprint density at radius 2 is 1.70 bits per heavy atom. The minimum atomic E-state index is -3.74. The molecular formula is C36H54O3S. The van der Waals surface area contributed by atoms with Gasteiger partial charge in [0.25, 0.3) is 10.1 Å². The summed E-state index contributed by atoms with van der Waals surface area (Å²) in [6, 6.07) is 7.01. The highest BCUT2D eigenvalue weighted by atomic mass is 32.2. The fraction of sp³-hybridized carbons (Fsp3) is 0.722. The quantitative estimate of drug-likeness (QED) is 0.232. The van der Waals surface area contributed by atoms with Gasteiger partial charge in [-0.3, -0.25) is 4.18 Å². The van der Waals surface area contributed by atoms with Gasteiger partial charge in [-0.15, -0.1) is 0 Å². The number of fused-ring (bicyclic) bond motifs is 5. The number of hydrogen-bond acceptors (Lipinski definition) is 3. The van der Waals surface area contributed by atoms with E-state index in [9.17, 15) is 8.42 Å². The summed E-state index contributed by atoms with van der Waals surface area (Å²) in [5.74, 6) is 5.13. The van der Waals surface area contributed by atoms with E-state index in [2.05, 4.69) is 59.8 Å². The highest BCUT2D eigenvalue weighted by molar-refractivity contribution is 7.86. The van der Waals surface area contributed by atoms with Crippen LogP contribution >= 0.6 is 0 Å². The van der Waals surface area contributed by atoms with Crippen LogP contribution in [0.3, 0.4) is 0 Å². The van der Waals surface area contributed by atoms with Crippen LogP contribution in [0.25, 0.3) is 0 Å². The predicted octanol–water partition coefficient (Wildman–Crippen LogP) is 9.52. The van der Waals surface area contributed by atoms with Crippen LogP contribution in [0, 0.1) is 59.2 Å². The largest absolute Gasteiger partial charge is 0.297 e. The van der Waals surface area contributed by atoms with Crippen molar-refractivity contribution >= 4 is 10.1 Å². The lowest BCUT2D eigenvalue weighted by Crippen LogP contribution is -2.51. The van der Waals surface area contributed by atoms with Crippen LogP contribution < -0.4 is 0 Å². The molecular weight excluding hydrogens is 512 g/mol. The van der Waals surface area contributed by atoms with Crippen molar-refractivity contribution in [3.8, 4) is 0 Å². The monoisotopic (exact) mass is 566 g/mol. The number of benzene rings is 1. The zero-order valence-corrected chi connectivity index (χ0v) is 27.0. The molecule has 0 heterocycles. The third-order valence-corrected chi connectivity index (χ3v) is 13.7. The van der Waals surface area contributed by atoms with Crippen molar-refractivity contribution in [2.75, 3.05) is 0 Å². The second kappa shape index (κ2) is 11.4. The molecule has 1 aromatic rings. The summed E-state index contributed by atoms with van der Waals surface area (Å²) >= 11 is 0. The zero-order chi connectivity index (χ0) is 28.9. The minimum absolute atomic E-state index is 0.187. The van der Waals surface area contributed by atoms with E-state index in [0.29, 0.717) is 23.2 Å². The Morgan fingerprint density at radius 3 is 2.38 bits per heavy atom. The van der Waals surface area contributed by atoms with Gasteiger partial charge >= 0.3 is 0 Å². The summed E-state index contributed by atoms with van der Waals surface area (Å²) in [5.41, 5.74) is 3.15. The lowest BCUT2D eigenvalue weighted by molar-refractivity contribution is -0.0523. The number of hydrogen-bond donors (Lipinski definition) is 0. The maximum Gasteiger partial charge on any atom is 0.297 e. The fourth-order valence-electron chi connectivity index (χ4n) is 9.84. The number of aryl methyl sites for hydroxylation is 1. The Balaban J connectivity index is 1.28. The van der Waals surface area contributed by atoms with Crippen LogP contribution in [-0.2, 0) is 14.3 Å². The molecule has 222 valence electrons. The van der Waals surface area contributed by atoms with Crippen LogP contribution in [0.4, 0.5) is 0 Å². The fourth-order valence-corrected chi connectivity index (χ4v) is 10.9. The summed E-state index contributed by atoms with van der Waals surface area (Å²) in [5, 5.41) is 0. The Morgan fingerprint density at radius 1 is 0.975 bits per heavy atom. The average molecular weight is 567 g/mol. The van der Waals surface area contributed by atoms with Gasteiger partial charge in [0.2, 0.25) is 0 Å². The second-order valence-electron chi connectivity index (χ2n) is 14.8. The normalized spacial score (nSPS) is 37.5. The minimum Gasteiger partial charge on any atom is -0.263 e. The maximum atomic E-state index is 13.0. The molecule has 4 aliphatic rings. The zero-order valence-electron chi connectivity index (χ0n) is 26.2. The average Bonchev–Trinajstić information content (AvgIpc) is 3.26. The molecule has 3 saturated carbocycles. The molecule has 0 N–H and O–H groups in total. The first-order valence-corrected chi connectivity index (χ1v) is 17.7. The lowest BCUT2D eigenvalue weighted by atomic mass is 9.47. The van der Waals surface area contributed by atoms with Gasteiger partial charge in [0.15, 0.2) is 0 Å². The van der Waals surface area contributed by atoms with Crippen LogP contribution in [0.5, 0.6) is 0 Å². The third-order valence-electron chi connectivity index (χ3n) is 12.3. The Hall–Kier alpha value is -1.39. The molecule has 9 atom stereocenters. The highest BCUT2D eigenvalue weighted by Gasteiger charge is 2.59. The van der Waals surface area contributed by atoms with Crippen LogP contribution in [0.15, 0.2) is 53.0 Å². The third kappa shape index (κ3) is 5.41. The van der Waals surface area contributed by atoms with Gasteiger partial charge in [-0.25, -0.2) is 0 Å². The van der Waals surface area contributed by atoms with E-state index in [1.54, 1.807) is 12.1 Å². The molecule has 1 aromatic carbocycles. The molecule has 40 heavy (non-hydrogen) atoms. The van der Waals surface area contributed by atoms with Gasteiger partial charge in [-0.1, -0.05) is 83.0 Å². The van der Waals surface area contributed by atoms with E-state index >= 15 is 0 Å². The van der Waals surface area contributed by atoms with Crippen molar-refractivity contribution < 1.29 is 12.6 Å². The standard InChI is InChI=1S/C36H54O3S/c1-8-27(24(2)3)12-11-26(5)32-17-18-33-31-16-13-28-23-29(39-40(37,38)30-14-9-25(4)10-15-30)19-21-35(28,6)34(31)20-22-36(32,33)7/h9-15,24,26-27,29,31-34H,8,16-23H2,1-7H3/b12-11+. The molecule has 4 heteroatoms. The molecule has 3 nitrogen and oxygen atoms in total. The SMILES string of the molecule is CCC(/C=C/C(C)C1CCC2C3CC=C4CC(OS(=O)(=O)c5ccc(C)cc5)CCC4(C)C3CCC12C)C(C)C. The smallest absolute Gasteiger partial charge is 0.263 e. The Kier molecular flexibility index (Phi) is 8.54.